The maximum absolute atomic E-state index is 12.0. The average molecular weight is 439 g/mol. The van der Waals surface area contributed by atoms with Gasteiger partial charge in [-0.1, -0.05) is 13.8 Å². The minimum atomic E-state index is 0. The quantitative estimate of drug-likeness (QED) is 0.386. The molecule has 1 rings (SSSR count). The molecule has 7 heteroatoms. The van der Waals surface area contributed by atoms with E-state index in [1.54, 1.807) is 7.05 Å². The minimum Gasteiger partial charge on any atom is -0.355 e. The summed E-state index contributed by atoms with van der Waals surface area (Å²) < 4.78 is 0. The largest absolute Gasteiger partial charge is 0.355 e. The summed E-state index contributed by atoms with van der Waals surface area (Å²) in [5.74, 6) is 1.11. The van der Waals surface area contributed by atoms with Crippen LogP contribution in [0.5, 0.6) is 0 Å². The van der Waals surface area contributed by atoms with Gasteiger partial charge >= 0.3 is 0 Å². The molecule has 0 aliphatic carbocycles. The number of nitrogens with zero attached hydrogens (tertiary/aromatic N) is 3. The Kier molecular flexibility index (Phi) is 9.42. The number of amides is 1. The highest BCUT2D eigenvalue weighted by atomic mass is 127. The second-order valence-corrected chi connectivity index (χ2v) is 7.20. The number of carbonyl (C=O) groups is 1. The van der Waals surface area contributed by atoms with Crippen LogP contribution < -0.4 is 10.6 Å². The molecule has 1 heterocycles. The van der Waals surface area contributed by atoms with Gasteiger partial charge in [0.2, 0.25) is 5.91 Å². The van der Waals surface area contributed by atoms with Crippen molar-refractivity contribution in [1.29, 1.82) is 0 Å². The van der Waals surface area contributed by atoms with E-state index in [1.165, 1.54) is 0 Å². The number of halogens is 1. The van der Waals surface area contributed by atoms with E-state index in [1.807, 2.05) is 18.7 Å². The van der Waals surface area contributed by atoms with Gasteiger partial charge in [-0.3, -0.25) is 9.79 Å². The van der Waals surface area contributed by atoms with Crippen molar-refractivity contribution in [2.45, 2.75) is 45.7 Å². The number of likely N-dealkylation sites (tertiary alicyclic amines) is 1. The summed E-state index contributed by atoms with van der Waals surface area (Å²) in [5, 5.41) is 6.81. The SMILES string of the molecule is CN=C(NCC(C)(C)N(C)C)NC1CCN(C(=O)C(C)C)C1.I. The molecular formula is C16H34IN5O. The molecule has 1 unspecified atom stereocenters. The highest BCUT2D eigenvalue weighted by Gasteiger charge is 2.28. The van der Waals surface area contributed by atoms with Gasteiger partial charge in [-0.2, -0.15) is 0 Å². The van der Waals surface area contributed by atoms with Crippen LogP contribution in [0.2, 0.25) is 0 Å². The standard InChI is InChI=1S/C16H33N5O.HI/c1-12(2)14(22)21-9-8-13(10-21)19-15(17-5)18-11-16(3,4)20(6)7;/h12-13H,8-11H2,1-7H3,(H2,17,18,19);1H. The number of rotatable bonds is 5. The van der Waals surface area contributed by atoms with E-state index in [4.69, 9.17) is 0 Å². The molecule has 1 aliphatic heterocycles. The molecular weight excluding hydrogens is 405 g/mol. The topological polar surface area (TPSA) is 60.0 Å². The number of likely N-dealkylation sites (N-methyl/N-ethyl adjacent to an activating group) is 1. The number of hydrogen-bond donors (Lipinski definition) is 2. The maximum Gasteiger partial charge on any atom is 0.225 e. The van der Waals surface area contributed by atoms with Crippen LogP contribution in [0.15, 0.2) is 4.99 Å². The number of carbonyl (C=O) groups excluding carboxylic acids is 1. The Bertz CT molecular complexity index is 409. The number of nitrogens with one attached hydrogen (secondary N) is 2. The van der Waals surface area contributed by atoms with Gasteiger partial charge in [-0.15, -0.1) is 24.0 Å². The lowest BCUT2D eigenvalue weighted by molar-refractivity contribution is -0.133. The first kappa shape index (κ1) is 22.4. The van der Waals surface area contributed by atoms with E-state index in [0.29, 0.717) is 0 Å². The molecule has 0 aromatic heterocycles. The lowest BCUT2D eigenvalue weighted by atomic mass is 10.0. The molecule has 0 aromatic rings. The maximum atomic E-state index is 12.0. The van der Waals surface area contributed by atoms with Crippen LogP contribution in [0.25, 0.3) is 0 Å². The predicted octanol–water partition coefficient (Wildman–Crippen LogP) is 1.37. The van der Waals surface area contributed by atoms with Crippen molar-refractivity contribution in [3.8, 4) is 0 Å². The average Bonchev–Trinajstić information content (AvgIpc) is 2.90. The van der Waals surface area contributed by atoms with Crippen LogP contribution in [0.4, 0.5) is 0 Å². The Morgan fingerprint density at radius 1 is 1.39 bits per heavy atom. The third kappa shape index (κ3) is 6.82. The first-order chi connectivity index (χ1) is 10.2. The number of aliphatic imine (C=N–C) groups is 1. The fourth-order valence-electron chi connectivity index (χ4n) is 2.29. The summed E-state index contributed by atoms with van der Waals surface area (Å²) in [6.07, 6.45) is 0.968. The van der Waals surface area contributed by atoms with Gasteiger partial charge in [0.05, 0.1) is 0 Å². The molecule has 0 radical (unpaired) electrons. The van der Waals surface area contributed by atoms with Gasteiger partial charge in [0, 0.05) is 44.2 Å². The number of guanidine groups is 1. The molecule has 1 saturated heterocycles. The van der Waals surface area contributed by atoms with Crippen molar-refractivity contribution >= 4 is 35.8 Å². The van der Waals surface area contributed by atoms with Crippen LogP contribution in [0.1, 0.15) is 34.1 Å². The van der Waals surface area contributed by atoms with E-state index in [2.05, 4.69) is 48.5 Å². The Balaban J connectivity index is 0.00000484. The molecule has 0 aromatic carbocycles. The fraction of sp³-hybridized carbons (Fsp3) is 0.875. The van der Waals surface area contributed by atoms with E-state index >= 15 is 0 Å². The highest BCUT2D eigenvalue weighted by Crippen LogP contribution is 2.13. The predicted molar refractivity (Wildman–Crippen MR) is 108 cm³/mol. The molecule has 23 heavy (non-hydrogen) atoms. The zero-order valence-corrected chi connectivity index (χ0v) is 18.0. The van der Waals surface area contributed by atoms with Crippen molar-refractivity contribution in [2.75, 3.05) is 40.8 Å². The molecule has 1 atom stereocenters. The summed E-state index contributed by atoms with van der Waals surface area (Å²) in [6.45, 7) is 10.7. The second kappa shape index (κ2) is 9.66. The fourth-order valence-corrected chi connectivity index (χ4v) is 2.29. The van der Waals surface area contributed by atoms with Crippen LogP contribution in [-0.4, -0.2) is 74.0 Å². The first-order valence-electron chi connectivity index (χ1n) is 8.10. The van der Waals surface area contributed by atoms with Crippen LogP contribution >= 0.6 is 24.0 Å². The van der Waals surface area contributed by atoms with Crippen molar-refractivity contribution in [3.63, 3.8) is 0 Å². The van der Waals surface area contributed by atoms with Gasteiger partial charge < -0.3 is 20.4 Å². The zero-order chi connectivity index (χ0) is 16.9. The van der Waals surface area contributed by atoms with Crippen molar-refractivity contribution in [1.82, 2.24) is 20.4 Å². The van der Waals surface area contributed by atoms with Crippen molar-refractivity contribution < 1.29 is 4.79 Å². The number of hydrogen-bond acceptors (Lipinski definition) is 3. The second-order valence-electron chi connectivity index (χ2n) is 7.20. The lowest BCUT2D eigenvalue weighted by Gasteiger charge is -2.33. The third-order valence-corrected chi connectivity index (χ3v) is 4.46. The molecule has 1 amide bonds. The van der Waals surface area contributed by atoms with Gasteiger partial charge in [0.15, 0.2) is 5.96 Å². The smallest absolute Gasteiger partial charge is 0.225 e. The minimum absolute atomic E-state index is 0. The monoisotopic (exact) mass is 439 g/mol. The molecule has 0 saturated carbocycles. The van der Waals surface area contributed by atoms with Gasteiger partial charge in [-0.05, 0) is 34.4 Å². The van der Waals surface area contributed by atoms with Crippen molar-refractivity contribution in [3.05, 3.63) is 0 Å². The van der Waals surface area contributed by atoms with Crippen LogP contribution in [-0.2, 0) is 4.79 Å². The van der Waals surface area contributed by atoms with E-state index in [0.717, 1.165) is 32.0 Å². The van der Waals surface area contributed by atoms with E-state index in [9.17, 15) is 4.79 Å². The highest BCUT2D eigenvalue weighted by molar-refractivity contribution is 14.0. The normalized spacial score (nSPS) is 19.1. The summed E-state index contributed by atoms with van der Waals surface area (Å²) in [5.41, 5.74) is 0.0486. The van der Waals surface area contributed by atoms with Crippen LogP contribution in [0, 0.1) is 5.92 Å². The molecule has 1 aliphatic rings. The summed E-state index contributed by atoms with van der Waals surface area (Å²) in [6, 6.07) is 0.274. The Labute approximate surface area is 158 Å². The first-order valence-corrected chi connectivity index (χ1v) is 8.10. The molecule has 136 valence electrons. The summed E-state index contributed by atoms with van der Waals surface area (Å²) in [7, 11) is 5.93. The van der Waals surface area contributed by atoms with E-state index < -0.39 is 0 Å². The lowest BCUT2D eigenvalue weighted by Crippen LogP contribution is -2.52. The Hall–Kier alpha value is -0.570. The van der Waals surface area contributed by atoms with E-state index in [-0.39, 0.29) is 47.4 Å². The summed E-state index contributed by atoms with van der Waals surface area (Å²) in [4.78, 5) is 20.4. The zero-order valence-electron chi connectivity index (χ0n) is 15.6. The Morgan fingerprint density at radius 2 is 2.00 bits per heavy atom. The molecule has 0 spiro atoms. The molecule has 2 N–H and O–H groups in total. The molecule has 0 bridgehead atoms. The van der Waals surface area contributed by atoms with Gasteiger partial charge in [0.25, 0.3) is 0 Å². The van der Waals surface area contributed by atoms with Gasteiger partial charge in [0.1, 0.15) is 0 Å². The van der Waals surface area contributed by atoms with Gasteiger partial charge in [-0.25, -0.2) is 0 Å². The third-order valence-electron chi connectivity index (χ3n) is 4.46. The summed E-state index contributed by atoms with van der Waals surface area (Å²) >= 11 is 0. The van der Waals surface area contributed by atoms with Crippen LogP contribution in [0.3, 0.4) is 0 Å². The molecule has 6 nitrogen and oxygen atoms in total. The van der Waals surface area contributed by atoms with Crippen molar-refractivity contribution in [2.24, 2.45) is 10.9 Å². The molecule has 1 fully saturated rings. The Morgan fingerprint density at radius 3 is 2.48 bits per heavy atom.